The summed E-state index contributed by atoms with van der Waals surface area (Å²) in [4.78, 5) is 40.4. The Morgan fingerprint density at radius 2 is 1.83 bits per heavy atom. The van der Waals surface area contributed by atoms with Crippen LogP contribution in [-0.2, 0) is 25.5 Å². The largest absolute Gasteiger partial charge is 0.431 e. The average molecular weight is 330 g/mol. The van der Waals surface area contributed by atoms with Crippen molar-refractivity contribution in [2.24, 2.45) is 5.92 Å². The molecule has 6 nitrogen and oxygen atoms in total. The van der Waals surface area contributed by atoms with Gasteiger partial charge in [-0.25, -0.2) is 0 Å². The summed E-state index contributed by atoms with van der Waals surface area (Å²) in [5, 5.41) is 0. The molecule has 2 amide bonds. The fourth-order valence-electron chi connectivity index (χ4n) is 3.37. The number of piperazine rings is 1. The number of nitrogens with zero attached hydrogens (tertiary/aromatic N) is 2. The van der Waals surface area contributed by atoms with Crippen LogP contribution in [0.4, 0.5) is 0 Å². The normalized spacial score (nSPS) is 27.1. The molecule has 0 aliphatic carbocycles. The molecule has 0 spiro atoms. The van der Waals surface area contributed by atoms with Gasteiger partial charge in [0, 0.05) is 20.0 Å². The van der Waals surface area contributed by atoms with E-state index in [9.17, 15) is 14.4 Å². The number of hydrogen-bond acceptors (Lipinski definition) is 4. The van der Waals surface area contributed by atoms with Gasteiger partial charge in [-0.2, -0.15) is 0 Å². The summed E-state index contributed by atoms with van der Waals surface area (Å²) < 4.78 is 5.28. The predicted molar refractivity (Wildman–Crippen MR) is 86.7 cm³/mol. The molecule has 0 radical (unpaired) electrons. The highest BCUT2D eigenvalue weighted by Gasteiger charge is 2.50. The molecule has 6 heteroatoms. The Bertz CT molecular complexity index is 646. The minimum Gasteiger partial charge on any atom is -0.431 e. The van der Waals surface area contributed by atoms with Gasteiger partial charge in [-0.15, -0.1) is 0 Å². The van der Waals surface area contributed by atoms with Crippen molar-refractivity contribution in [3.8, 4) is 0 Å². The average Bonchev–Trinajstić information content (AvgIpc) is 2.59. The minimum atomic E-state index is -1.10. The fourth-order valence-corrected chi connectivity index (χ4v) is 3.37. The van der Waals surface area contributed by atoms with Gasteiger partial charge < -0.3 is 9.64 Å². The van der Waals surface area contributed by atoms with Gasteiger partial charge in [0.05, 0.1) is 5.92 Å². The molecule has 1 unspecified atom stereocenters. The topological polar surface area (TPSA) is 66.9 Å². The van der Waals surface area contributed by atoms with E-state index in [0.29, 0.717) is 12.8 Å². The Morgan fingerprint density at radius 3 is 2.50 bits per heavy atom. The number of rotatable bonds is 4. The lowest BCUT2D eigenvalue weighted by molar-refractivity contribution is -0.200. The van der Waals surface area contributed by atoms with Crippen molar-refractivity contribution in [3.63, 3.8) is 0 Å². The second-order valence-corrected chi connectivity index (χ2v) is 6.42. The first-order valence-corrected chi connectivity index (χ1v) is 8.34. The van der Waals surface area contributed by atoms with Crippen molar-refractivity contribution in [2.75, 3.05) is 13.6 Å². The molecule has 3 rings (SSSR count). The van der Waals surface area contributed by atoms with Gasteiger partial charge in [-0.3, -0.25) is 19.3 Å². The maximum Gasteiger partial charge on any atom is 0.313 e. The van der Waals surface area contributed by atoms with Crippen LogP contribution in [0.1, 0.15) is 25.3 Å². The first-order valence-electron chi connectivity index (χ1n) is 8.34. The van der Waals surface area contributed by atoms with Crippen LogP contribution in [0.15, 0.2) is 30.3 Å². The van der Waals surface area contributed by atoms with E-state index in [-0.39, 0.29) is 30.2 Å². The Morgan fingerprint density at radius 1 is 1.12 bits per heavy atom. The Kier molecular flexibility index (Phi) is 4.55. The smallest absolute Gasteiger partial charge is 0.313 e. The summed E-state index contributed by atoms with van der Waals surface area (Å²) in [5.74, 6) is -1.21. The Hall–Kier alpha value is -2.37. The third-order valence-electron chi connectivity index (χ3n) is 4.76. The number of esters is 1. The number of carbonyl (C=O) groups excluding carboxylic acids is 3. The number of fused-ring (bicyclic) bond motifs is 1. The SMILES string of the molecule is CCC[C@@H]1CN2C(=O)[C@H](Cc3ccccc3)N(C)C(=O)C2OC1=O. The molecule has 128 valence electrons. The summed E-state index contributed by atoms with van der Waals surface area (Å²) in [6.45, 7) is 2.25. The molecule has 3 atom stereocenters. The third-order valence-corrected chi connectivity index (χ3v) is 4.76. The van der Waals surface area contributed by atoms with Crippen molar-refractivity contribution in [2.45, 2.75) is 38.5 Å². The zero-order valence-electron chi connectivity index (χ0n) is 14.0. The van der Waals surface area contributed by atoms with E-state index in [2.05, 4.69) is 0 Å². The van der Waals surface area contributed by atoms with Gasteiger partial charge in [0.25, 0.3) is 12.1 Å². The van der Waals surface area contributed by atoms with E-state index < -0.39 is 12.3 Å². The number of hydrogen-bond donors (Lipinski definition) is 0. The molecular formula is C18H22N2O4. The second-order valence-electron chi connectivity index (χ2n) is 6.42. The van der Waals surface area contributed by atoms with Crippen LogP contribution in [0, 0.1) is 5.92 Å². The molecule has 2 saturated heterocycles. The van der Waals surface area contributed by atoms with Crippen molar-refractivity contribution >= 4 is 17.8 Å². The van der Waals surface area contributed by atoms with Crippen LogP contribution in [0.25, 0.3) is 0 Å². The molecule has 0 N–H and O–H groups in total. The lowest BCUT2D eigenvalue weighted by atomic mass is 9.96. The number of ether oxygens (including phenoxy) is 1. The summed E-state index contributed by atoms with van der Waals surface area (Å²) >= 11 is 0. The molecule has 2 aliphatic heterocycles. The summed E-state index contributed by atoms with van der Waals surface area (Å²) in [6.07, 6.45) is 0.837. The lowest BCUT2D eigenvalue weighted by Gasteiger charge is -2.46. The van der Waals surface area contributed by atoms with E-state index in [0.717, 1.165) is 12.0 Å². The number of benzene rings is 1. The highest BCUT2D eigenvalue weighted by molar-refractivity contribution is 5.98. The second kappa shape index (κ2) is 6.63. The van der Waals surface area contributed by atoms with Crippen LogP contribution in [-0.4, -0.2) is 53.4 Å². The molecule has 2 heterocycles. The van der Waals surface area contributed by atoms with Gasteiger partial charge in [-0.05, 0) is 12.0 Å². The molecule has 0 bridgehead atoms. The van der Waals surface area contributed by atoms with Crippen molar-refractivity contribution in [1.29, 1.82) is 0 Å². The minimum absolute atomic E-state index is 0.153. The maximum absolute atomic E-state index is 12.9. The molecule has 0 saturated carbocycles. The standard InChI is InChI=1S/C18H22N2O4/c1-3-7-13-11-20-15(21)14(10-12-8-5-4-6-9-12)19(2)16(22)17(20)24-18(13)23/h4-6,8-9,13-14,17H,3,7,10-11H2,1-2H3/t13-,14+,17?/m1/s1. The molecule has 1 aromatic rings. The predicted octanol–water partition coefficient (Wildman–Crippen LogP) is 1.20. The molecule has 2 fully saturated rings. The number of carbonyl (C=O) groups is 3. The summed E-state index contributed by atoms with van der Waals surface area (Å²) in [7, 11) is 1.59. The van der Waals surface area contributed by atoms with E-state index >= 15 is 0 Å². The van der Waals surface area contributed by atoms with E-state index in [1.54, 1.807) is 7.05 Å². The Balaban J connectivity index is 1.82. The van der Waals surface area contributed by atoms with E-state index in [1.807, 2.05) is 37.3 Å². The van der Waals surface area contributed by atoms with Crippen molar-refractivity contribution in [1.82, 2.24) is 9.80 Å². The molecular weight excluding hydrogens is 308 g/mol. The highest BCUT2D eigenvalue weighted by atomic mass is 16.6. The van der Waals surface area contributed by atoms with Crippen LogP contribution in [0.5, 0.6) is 0 Å². The maximum atomic E-state index is 12.9. The first-order chi connectivity index (χ1) is 11.5. The third kappa shape index (κ3) is 2.88. The monoisotopic (exact) mass is 330 g/mol. The van der Waals surface area contributed by atoms with Gasteiger partial charge in [0.1, 0.15) is 6.04 Å². The number of amides is 2. The van der Waals surface area contributed by atoms with Gasteiger partial charge in [0.2, 0.25) is 5.91 Å². The van der Waals surface area contributed by atoms with Crippen LogP contribution < -0.4 is 0 Å². The van der Waals surface area contributed by atoms with E-state index in [4.69, 9.17) is 4.74 Å². The zero-order chi connectivity index (χ0) is 17.3. The quantitative estimate of drug-likeness (QED) is 0.778. The first kappa shape index (κ1) is 16.5. The van der Waals surface area contributed by atoms with E-state index in [1.165, 1.54) is 9.80 Å². The Labute approximate surface area is 141 Å². The van der Waals surface area contributed by atoms with Gasteiger partial charge in [0.15, 0.2) is 0 Å². The van der Waals surface area contributed by atoms with Gasteiger partial charge >= 0.3 is 5.97 Å². The highest BCUT2D eigenvalue weighted by Crippen LogP contribution is 2.28. The van der Waals surface area contributed by atoms with Crippen LogP contribution in [0.2, 0.25) is 0 Å². The molecule has 1 aromatic carbocycles. The van der Waals surface area contributed by atoms with Crippen LogP contribution >= 0.6 is 0 Å². The lowest BCUT2D eigenvalue weighted by Crippen LogP contribution is -2.68. The van der Waals surface area contributed by atoms with Gasteiger partial charge in [-0.1, -0.05) is 43.7 Å². The van der Waals surface area contributed by atoms with Crippen LogP contribution in [0.3, 0.4) is 0 Å². The summed E-state index contributed by atoms with van der Waals surface area (Å²) in [6, 6.07) is 9.05. The van der Waals surface area contributed by atoms with Crippen molar-refractivity contribution in [3.05, 3.63) is 35.9 Å². The molecule has 0 aromatic heterocycles. The zero-order valence-corrected chi connectivity index (χ0v) is 14.0. The summed E-state index contributed by atoms with van der Waals surface area (Å²) in [5.41, 5.74) is 0.994. The fraction of sp³-hybridized carbons (Fsp3) is 0.500. The molecule has 24 heavy (non-hydrogen) atoms. The van der Waals surface area contributed by atoms with Crippen molar-refractivity contribution < 1.29 is 19.1 Å². The molecule has 2 aliphatic rings. The number of likely N-dealkylation sites (N-methyl/N-ethyl adjacent to an activating group) is 1.